The topological polar surface area (TPSA) is 3.24 Å². The zero-order valence-corrected chi connectivity index (χ0v) is 20.2. The summed E-state index contributed by atoms with van der Waals surface area (Å²) in [5.41, 5.74) is 12.7. The van der Waals surface area contributed by atoms with Gasteiger partial charge in [-0.2, -0.15) is 0 Å². The van der Waals surface area contributed by atoms with Crippen LogP contribution in [0.25, 0.3) is 38.6 Å². The Balaban J connectivity index is 1.33. The van der Waals surface area contributed by atoms with E-state index >= 15 is 0 Å². The number of hydrogen-bond acceptors (Lipinski definition) is 1. The summed E-state index contributed by atoms with van der Waals surface area (Å²) in [7, 11) is 0. The number of hydrogen-bond donors (Lipinski definition) is 0. The summed E-state index contributed by atoms with van der Waals surface area (Å²) in [6.45, 7) is 5.55. The molecule has 0 saturated carbocycles. The fourth-order valence-electron chi connectivity index (χ4n) is 5.87. The quantitative estimate of drug-likeness (QED) is 0.253. The Hall–Kier alpha value is -4.36. The minimum Gasteiger partial charge on any atom is -0.341 e. The molecule has 5 aromatic carbocycles. The van der Waals surface area contributed by atoms with E-state index in [1.165, 1.54) is 61.1 Å². The molecule has 0 N–H and O–H groups in total. The van der Waals surface area contributed by atoms with Gasteiger partial charge in [0.05, 0.1) is 0 Å². The lowest BCUT2D eigenvalue weighted by molar-refractivity contribution is 0.926. The Labute approximate surface area is 212 Å². The van der Waals surface area contributed by atoms with E-state index in [4.69, 9.17) is 0 Å². The first-order valence-electron chi connectivity index (χ1n) is 12.7. The molecular weight excluding hydrogens is 434 g/mol. The van der Waals surface area contributed by atoms with Crippen LogP contribution in [0.4, 0.5) is 11.4 Å². The van der Waals surface area contributed by atoms with Crippen LogP contribution < -0.4 is 4.90 Å². The SMILES string of the molecule is C=C1/C2=C\CCN(c3ccc(-c4ccc5ccccc5c4)cc3)c3cccc(c31)-c1ccccc1C2. The van der Waals surface area contributed by atoms with Gasteiger partial charge in [-0.25, -0.2) is 0 Å². The van der Waals surface area contributed by atoms with Crippen molar-refractivity contribution in [3.05, 3.63) is 139 Å². The molecule has 0 atom stereocenters. The van der Waals surface area contributed by atoms with Crippen LogP contribution in [0.5, 0.6) is 0 Å². The molecule has 1 heteroatoms. The normalized spacial score (nSPS) is 15.9. The van der Waals surface area contributed by atoms with E-state index < -0.39 is 0 Å². The average molecular weight is 462 g/mol. The van der Waals surface area contributed by atoms with Crippen LogP contribution in [-0.2, 0) is 6.42 Å². The summed E-state index contributed by atoms with van der Waals surface area (Å²) < 4.78 is 0. The van der Waals surface area contributed by atoms with Crippen molar-refractivity contribution in [3.8, 4) is 22.3 Å². The zero-order valence-electron chi connectivity index (χ0n) is 20.2. The van der Waals surface area contributed by atoms with Gasteiger partial charge in [-0.05, 0) is 86.8 Å². The van der Waals surface area contributed by atoms with Crippen LogP contribution in [0, 0.1) is 0 Å². The second-order valence-corrected chi connectivity index (χ2v) is 9.79. The summed E-state index contributed by atoms with van der Waals surface area (Å²) in [6, 6.07) is 39.8. The van der Waals surface area contributed by atoms with Gasteiger partial charge in [-0.3, -0.25) is 0 Å². The van der Waals surface area contributed by atoms with E-state index in [0.29, 0.717) is 0 Å². The van der Waals surface area contributed by atoms with Crippen LogP contribution in [-0.4, -0.2) is 6.54 Å². The van der Waals surface area contributed by atoms with E-state index in [1.807, 2.05) is 0 Å². The first-order chi connectivity index (χ1) is 17.8. The smallest absolute Gasteiger partial charge is 0.0496 e. The first kappa shape index (κ1) is 21.0. The summed E-state index contributed by atoms with van der Waals surface area (Å²) >= 11 is 0. The predicted octanol–water partition coefficient (Wildman–Crippen LogP) is 9.21. The molecule has 1 nitrogen and oxygen atoms in total. The molecular formula is C35H27N. The largest absolute Gasteiger partial charge is 0.341 e. The molecule has 1 aliphatic heterocycles. The molecule has 0 unspecified atom stereocenters. The molecule has 0 amide bonds. The van der Waals surface area contributed by atoms with Crippen molar-refractivity contribution in [2.24, 2.45) is 0 Å². The highest BCUT2D eigenvalue weighted by atomic mass is 15.1. The number of rotatable bonds is 2. The molecule has 0 radical (unpaired) electrons. The Bertz CT molecular complexity index is 1670. The minimum absolute atomic E-state index is 0.943. The van der Waals surface area contributed by atoms with Crippen molar-refractivity contribution in [2.75, 3.05) is 11.4 Å². The Morgan fingerprint density at radius 1 is 0.639 bits per heavy atom. The maximum atomic E-state index is 4.61. The Morgan fingerprint density at radius 3 is 2.28 bits per heavy atom. The zero-order chi connectivity index (χ0) is 24.1. The molecule has 1 aliphatic carbocycles. The van der Waals surface area contributed by atoms with Gasteiger partial charge in [0, 0.05) is 23.5 Å². The molecule has 172 valence electrons. The Kier molecular flexibility index (Phi) is 4.89. The average Bonchev–Trinajstić information content (AvgIpc) is 3.05. The third-order valence-electron chi connectivity index (χ3n) is 7.72. The monoisotopic (exact) mass is 461 g/mol. The molecule has 0 aromatic heterocycles. The van der Waals surface area contributed by atoms with Crippen LogP contribution in [0.3, 0.4) is 0 Å². The molecule has 2 bridgehead atoms. The molecule has 7 rings (SSSR count). The first-order valence-corrected chi connectivity index (χ1v) is 12.7. The third kappa shape index (κ3) is 3.39. The molecule has 5 aromatic rings. The fourth-order valence-corrected chi connectivity index (χ4v) is 5.87. The summed E-state index contributed by atoms with van der Waals surface area (Å²) in [5, 5.41) is 2.55. The van der Waals surface area contributed by atoms with Crippen molar-refractivity contribution in [3.63, 3.8) is 0 Å². The summed E-state index contributed by atoms with van der Waals surface area (Å²) in [5.74, 6) is 0. The van der Waals surface area contributed by atoms with E-state index in [-0.39, 0.29) is 0 Å². The molecule has 36 heavy (non-hydrogen) atoms. The number of benzene rings is 5. The second kappa shape index (κ2) is 8.39. The lowest BCUT2D eigenvalue weighted by atomic mass is 9.90. The van der Waals surface area contributed by atoms with Gasteiger partial charge in [0.2, 0.25) is 0 Å². The van der Waals surface area contributed by atoms with Crippen molar-refractivity contribution < 1.29 is 0 Å². The predicted molar refractivity (Wildman–Crippen MR) is 154 cm³/mol. The molecule has 2 aliphatic rings. The van der Waals surface area contributed by atoms with Gasteiger partial charge in [-0.15, -0.1) is 0 Å². The highest BCUT2D eigenvalue weighted by Crippen LogP contribution is 2.46. The maximum absolute atomic E-state index is 4.61. The lowest BCUT2D eigenvalue weighted by Gasteiger charge is -2.30. The number of allylic oxidation sites excluding steroid dienone is 2. The highest BCUT2D eigenvalue weighted by Gasteiger charge is 2.26. The number of fused-ring (bicyclic) bond motifs is 4. The highest BCUT2D eigenvalue weighted by molar-refractivity contribution is 5.98. The second-order valence-electron chi connectivity index (χ2n) is 9.79. The molecule has 1 heterocycles. The fraction of sp³-hybridized carbons (Fsp3) is 0.0857. The van der Waals surface area contributed by atoms with E-state index in [9.17, 15) is 0 Å². The van der Waals surface area contributed by atoms with E-state index in [2.05, 4.69) is 127 Å². The lowest BCUT2D eigenvalue weighted by Crippen LogP contribution is -2.21. The third-order valence-corrected chi connectivity index (χ3v) is 7.72. The van der Waals surface area contributed by atoms with E-state index in [1.54, 1.807) is 0 Å². The molecule has 0 saturated heterocycles. The Morgan fingerprint density at radius 2 is 1.39 bits per heavy atom. The standard InChI is InChI=1S/C35H27N/c1-24-27-11-7-21-36(34-14-6-13-33(35(24)34)32-12-5-4-10-30(32)22-27)31-19-17-26(18-20-31)29-16-15-25-8-2-3-9-28(25)23-29/h2-6,8-20,23H,1,7,21-22H2/b27-11-. The van der Waals surface area contributed by atoms with Gasteiger partial charge < -0.3 is 4.90 Å². The van der Waals surface area contributed by atoms with Crippen LogP contribution >= 0.6 is 0 Å². The van der Waals surface area contributed by atoms with Gasteiger partial charge in [0.15, 0.2) is 0 Å². The van der Waals surface area contributed by atoms with Crippen molar-refractivity contribution in [2.45, 2.75) is 12.8 Å². The van der Waals surface area contributed by atoms with E-state index in [0.717, 1.165) is 25.0 Å². The number of nitrogens with zero attached hydrogens (tertiary/aromatic N) is 1. The van der Waals surface area contributed by atoms with Crippen molar-refractivity contribution in [1.29, 1.82) is 0 Å². The van der Waals surface area contributed by atoms with Crippen LogP contribution in [0.1, 0.15) is 17.5 Å². The van der Waals surface area contributed by atoms with Crippen molar-refractivity contribution in [1.82, 2.24) is 0 Å². The van der Waals surface area contributed by atoms with Crippen LogP contribution in [0.2, 0.25) is 0 Å². The number of anilines is 2. The minimum atomic E-state index is 0.943. The summed E-state index contributed by atoms with van der Waals surface area (Å²) in [6.07, 6.45) is 4.34. The van der Waals surface area contributed by atoms with Crippen LogP contribution in [0.15, 0.2) is 127 Å². The van der Waals surface area contributed by atoms with Gasteiger partial charge >= 0.3 is 0 Å². The maximum Gasteiger partial charge on any atom is 0.0496 e. The molecule has 0 spiro atoms. The molecule has 0 fully saturated rings. The summed E-state index contributed by atoms with van der Waals surface area (Å²) in [4.78, 5) is 2.47. The van der Waals surface area contributed by atoms with Gasteiger partial charge in [-0.1, -0.05) is 97.6 Å². The van der Waals surface area contributed by atoms with Crippen molar-refractivity contribution >= 4 is 27.7 Å². The van der Waals surface area contributed by atoms with Gasteiger partial charge in [0.25, 0.3) is 0 Å². The van der Waals surface area contributed by atoms with Gasteiger partial charge in [0.1, 0.15) is 0 Å².